The number of alkyl halides is 1. The van der Waals surface area contributed by atoms with Gasteiger partial charge in [-0.25, -0.2) is 0 Å². The van der Waals surface area contributed by atoms with Crippen molar-refractivity contribution in [1.82, 2.24) is 0 Å². The van der Waals surface area contributed by atoms with Crippen LogP contribution in [0, 0.1) is 49.7 Å². The smallest absolute Gasteiger partial charge is 0.311 e. The summed E-state index contributed by atoms with van der Waals surface area (Å²) in [5, 5.41) is 22.1. The van der Waals surface area contributed by atoms with Gasteiger partial charge in [-0.2, -0.15) is 5.26 Å². The first-order valence-electron chi connectivity index (χ1n) is 15.6. The van der Waals surface area contributed by atoms with Crippen molar-refractivity contribution in [2.24, 2.45) is 38.4 Å². The van der Waals surface area contributed by atoms with Crippen molar-refractivity contribution >= 4 is 33.5 Å². The number of aliphatic hydroxyl groups excluding tert-OH is 1. The Morgan fingerprint density at radius 2 is 1.62 bits per heavy atom. The van der Waals surface area contributed by atoms with E-state index in [1.165, 1.54) is 14.0 Å². The number of carbonyl (C=O) groups is 3. The lowest BCUT2D eigenvalue weighted by atomic mass is 9.39. The number of Topliss-reactive ketones (excluding diaryl/α,β-unsaturated/α-hetero) is 1. The standard InChI is InChI=1S/C35H56BrNO5/c1-13-15-29(3,4)17-19-32(9,28(41)42-12)20-18-30(5,6)33(10)16-14-24-31(7,8)26(39)35(36,22-37)27(40)34(24,11)25(33)21-23(2)38/h21,24,27,40H,13-20H2,1-12H3/b25-21+/t24-,27?,32-,33+,34-,35?/m0/s1. The highest BCUT2D eigenvalue weighted by atomic mass is 79.9. The van der Waals surface area contributed by atoms with Crippen LogP contribution in [0.2, 0.25) is 0 Å². The van der Waals surface area contributed by atoms with Gasteiger partial charge in [-0.15, -0.1) is 0 Å². The van der Waals surface area contributed by atoms with E-state index in [2.05, 4.69) is 63.5 Å². The van der Waals surface area contributed by atoms with E-state index in [9.17, 15) is 24.8 Å². The molecule has 0 aromatic carbocycles. The van der Waals surface area contributed by atoms with Gasteiger partial charge in [0.05, 0.1) is 24.7 Å². The molecule has 0 aliphatic heterocycles. The number of hydrogen-bond donors (Lipinski definition) is 1. The predicted octanol–water partition coefficient (Wildman–Crippen LogP) is 8.14. The van der Waals surface area contributed by atoms with Crippen molar-refractivity contribution in [2.45, 2.75) is 138 Å². The first kappa shape index (κ1) is 36.7. The molecular weight excluding hydrogens is 594 g/mol. The zero-order chi connectivity index (χ0) is 32.7. The summed E-state index contributed by atoms with van der Waals surface area (Å²) in [6.07, 6.45) is 6.80. The van der Waals surface area contributed by atoms with Crippen LogP contribution >= 0.6 is 15.9 Å². The van der Waals surface area contributed by atoms with Gasteiger partial charge in [0.25, 0.3) is 0 Å². The summed E-state index contributed by atoms with van der Waals surface area (Å²) in [5.41, 5.74) is -2.61. The number of nitriles is 1. The number of carbonyl (C=O) groups excluding carboxylic acids is 3. The van der Waals surface area contributed by atoms with E-state index in [1.807, 2.05) is 27.7 Å². The first-order valence-corrected chi connectivity index (χ1v) is 16.4. The Labute approximate surface area is 263 Å². The summed E-state index contributed by atoms with van der Waals surface area (Å²) in [5.74, 6) is -0.919. The van der Waals surface area contributed by atoms with E-state index in [0.717, 1.165) is 31.3 Å². The van der Waals surface area contributed by atoms with E-state index in [0.29, 0.717) is 25.7 Å². The molecular formula is C35H56BrNO5. The summed E-state index contributed by atoms with van der Waals surface area (Å²) >= 11 is 3.38. The van der Waals surface area contributed by atoms with E-state index in [1.54, 1.807) is 6.08 Å². The molecule has 6 atom stereocenters. The van der Waals surface area contributed by atoms with Crippen molar-refractivity contribution < 1.29 is 24.2 Å². The van der Waals surface area contributed by atoms with Crippen LogP contribution in [0.1, 0.15) is 128 Å². The molecule has 6 nitrogen and oxygen atoms in total. The van der Waals surface area contributed by atoms with Gasteiger partial charge >= 0.3 is 5.97 Å². The lowest BCUT2D eigenvalue weighted by molar-refractivity contribution is -0.163. The first-order chi connectivity index (χ1) is 19.0. The fraction of sp³-hybridized carbons (Fsp3) is 0.829. The largest absolute Gasteiger partial charge is 0.469 e. The molecule has 0 bridgehead atoms. The maximum absolute atomic E-state index is 13.6. The topological polar surface area (TPSA) is 104 Å². The van der Waals surface area contributed by atoms with Gasteiger partial charge in [0.1, 0.15) is 0 Å². The highest BCUT2D eigenvalue weighted by Crippen LogP contribution is 2.69. The zero-order valence-corrected chi connectivity index (χ0v) is 29.9. The third-order valence-corrected chi connectivity index (χ3v) is 12.8. The van der Waals surface area contributed by atoms with E-state index >= 15 is 0 Å². The van der Waals surface area contributed by atoms with Crippen LogP contribution in [0.3, 0.4) is 0 Å². The van der Waals surface area contributed by atoms with Gasteiger partial charge in [0.15, 0.2) is 15.9 Å². The van der Waals surface area contributed by atoms with Crippen molar-refractivity contribution in [2.75, 3.05) is 7.11 Å². The van der Waals surface area contributed by atoms with Crippen LogP contribution in [-0.4, -0.2) is 40.2 Å². The Morgan fingerprint density at radius 1 is 1.07 bits per heavy atom. The van der Waals surface area contributed by atoms with Crippen molar-refractivity contribution in [1.29, 1.82) is 5.26 Å². The van der Waals surface area contributed by atoms with Crippen LogP contribution in [0.25, 0.3) is 0 Å². The molecule has 0 saturated heterocycles. The molecule has 2 aliphatic carbocycles. The number of esters is 1. The molecule has 2 saturated carbocycles. The number of allylic oxidation sites excluding steroid dienone is 1. The normalized spacial score (nSPS) is 33.8. The highest BCUT2D eigenvalue weighted by Gasteiger charge is 2.71. The molecule has 0 radical (unpaired) electrons. The Balaban J connectivity index is 2.61. The quantitative estimate of drug-likeness (QED) is 0.138. The number of hydrogen-bond acceptors (Lipinski definition) is 6. The number of fused-ring (bicyclic) bond motifs is 1. The fourth-order valence-electron chi connectivity index (χ4n) is 8.45. The van der Waals surface area contributed by atoms with Gasteiger partial charge in [0.2, 0.25) is 0 Å². The minimum Gasteiger partial charge on any atom is -0.469 e. The van der Waals surface area contributed by atoms with Crippen molar-refractivity contribution in [3.05, 3.63) is 11.6 Å². The number of rotatable bonds is 11. The average Bonchev–Trinajstić information content (AvgIpc) is 2.90. The number of ketones is 2. The van der Waals surface area contributed by atoms with Gasteiger partial charge in [0, 0.05) is 10.8 Å². The maximum atomic E-state index is 13.6. The number of halogens is 1. The predicted molar refractivity (Wildman–Crippen MR) is 171 cm³/mol. The average molecular weight is 651 g/mol. The summed E-state index contributed by atoms with van der Waals surface area (Å²) in [6.45, 7) is 22.4. The van der Waals surface area contributed by atoms with Gasteiger partial charge in [-0.1, -0.05) is 90.2 Å². The monoisotopic (exact) mass is 649 g/mol. The van der Waals surface area contributed by atoms with Crippen molar-refractivity contribution in [3.63, 3.8) is 0 Å². The van der Waals surface area contributed by atoms with Gasteiger partial charge in [-0.3, -0.25) is 14.4 Å². The molecule has 238 valence electrons. The van der Waals surface area contributed by atoms with Crippen LogP contribution < -0.4 is 0 Å². The second-order valence-corrected chi connectivity index (χ2v) is 17.3. The van der Waals surface area contributed by atoms with E-state index < -0.39 is 37.5 Å². The minimum atomic E-state index is -1.78. The van der Waals surface area contributed by atoms with Crippen LogP contribution in [-0.2, 0) is 19.1 Å². The minimum absolute atomic E-state index is 0.125. The molecule has 7 heteroatoms. The van der Waals surface area contributed by atoms with Crippen LogP contribution in [0.5, 0.6) is 0 Å². The number of ether oxygens (including phenoxy) is 1. The van der Waals surface area contributed by atoms with Crippen LogP contribution in [0.4, 0.5) is 0 Å². The molecule has 0 amide bonds. The van der Waals surface area contributed by atoms with Crippen molar-refractivity contribution in [3.8, 4) is 6.07 Å². The summed E-state index contributed by atoms with van der Waals surface area (Å²) < 4.78 is 3.54. The Bertz CT molecular complexity index is 1150. The highest BCUT2D eigenvalue weighted by molar-refractivity contribution is 9.10. The molecule has 0 aromatic heterocycles. The summed E-state index contributed by atoms with van der Waals surface area (Å²) in [7, 11) is 1.45. The second-order valence-electron chi connectivity index (χ2n) is 16.0. The second kappa shape index (κ2) is 12.1. The number of aliphatic hydroxyl groups is 1. The molecule has 0 aromatic rings. The summed E-state index contributed by atoms with van der Waals surface area (Å²) in [4.78, 5) is 39.6. The van der Waals surface area contributed by atoms with Gasteiger partial charge in [-0.05, 0) is 87.0 Å². The zero-order valence-electron chi connectivity index (χ0n) is 28.3. The molecule has 0 spiro atoms. The van der Waals surface area contributed by atoms with Crippen LogP contribution in [0.15, 0.2) is 11.6 Å². The molecule has 1 N–H and O–H groups in total. The lowest BCUT2D eigenvalue weighted by Crippen LogP contribution is -2.69. The maximum Gasteiger partial charge on any atom is 0.311 e. The molecule has 2 rings (SSSR count). The third kappa shape index (κ3) is 6.06. The molecule has 42 heavy (non-hydrogen) atoms. The Morgan fingerprint density at radius 3 is 2.10 bits per heavy atom. The molecule has 2 unspecified atom stereocenters. The van der Waals surface area contributed by atoms with E-state index in [4.69, 9.17) is 4.74 Å². The fourth-order valence-corrected chi connectivity index (χ4v) is 9.44. The molecule has 2 aliphatic rings. The molecule has 0 heterocycles. The van der Waals surface area contributed by atoms with Gasteiger partial charge < -0.3 is 9.84 Å². The number of methoxy groups -OCH3 is 1. The van der Waals surface area contributed by atoms with E-state index in [-0.39, 0.29) is 28.9 Å². The SMILES string of the molecule is CCCC(C)(C)CC[C@@](C)(CCC(C)(C)[C@]1(C)CC[C@H]2C(C)(C)C(=O)C(Br)(C#N)C(O)[C@]2(C)/C1=C/C(C)=O)C(=O)OC. The number of nitrogens with zero attached hydrogens (tertiary/aromatic N) is 1. The Kier molecular flexibility index (Phi) is 10.6. The molecule has 2 fully saturated rings. The Hall–Kier alpha value is -1.52. The third-order valence-electron chi connectivity index (χ3n) is 11.8. The lowest BCUT2D eigenvalue weighted by Gasteiger charge is -2.65. The summed E-state index contributed by atoms with van der Waals surface area (Å²) in [6, 6.07) is 2.09.